The molecule has 0 saturated carbocycles. The summed E-state index contributed by atoms with van der Waals surface area (Å²) in [4.78, 5) is 0. The Morgan fingerprint density at radius 1 is 0.800 bits per heavy atom. The Balaban J connectivity index is 1.94. The zero-order valence-electron chi connectivity index (χ0n) is 10.9. The molecule has 1 aliphatic rings. The Morgan fingerprint density at radius 2 is 1.65 bits per heavy atom. The van der Waals surface area contributed by atoms with Gasteiger partial charge in [-0.05, 0) is 39.6 Å². The van der Waals surface area contributed by atoms with Crippen LogP contribution in [0.2, 0.25) is 0 Å². The van der Waals surface area contributed by atoms with Gasteiger partial charge in [-0.1, -0.05) is 76.6 Å². The fraction of sp³-hybridized carbons (Fsp3) is 0.0526. The van der Waals surface area contributed by atoms with Gasteiger partial charge in [-0.2, -0.15) is 0 Å². The summed E-state index contributed by atoms with van der Waals surface area (Å²) in [7, 11) is 0. The van der Waals surface area contributed by atoms with E-state index in [1.165, 1.54) is 27.5 Å². The van der Waals surface area contributed by atoms with Gasteiger partial charge in [-0.25, -0.2) is 0 Å². The van der Waals surface area contributed by atoms with Crippen molar-refractivity contribution < 1.29 is 0 Å². The first kappa shape index (κ1) is 11.9. The third-order valence-electron chi connectivity index (χ3n) is 4.01. The predicted octanol–water partition coefficient (Wildman–Crippen LogP) is 5.76. The minimum absolute atomic E-state index is 0.371. The van der Waals surface area contributed by atoms with Crippen molar-refractivity contribution in [3.05, 3.63) is 87.9 Å². The number of rotatable bonds is 1. The molecule has 0 heterocycles. The van der Waals surface area contributed by atoms with Crippen molar-refractivity contribution in [1.29, 1.82) is 0 Å². The monoisotopic (exact) mass is 320 g/mol. The summed E-state index contributed by atoms with van der Waals surface area (Å²) in [5.41, 5.74) is 4.13. The van der Waals surface area contributed by atoms with Gasteiger partial charge < -0.3 is 0 Å². The molecule has 4 rings (SSSR count). The average molecular weight is 321 g/mol. The molecule has 0 N–H and O–H groups in total. The molecule has 0 radical (unpaired) electrons. The summed E-state index contributed by atoms with van der Waals surface area (Å²) in [6.07, 6.45) is 4.54. The van der Waals surface area contributed by atoms with Crippen molar-refractivity contribution >= 4 is 32.8 Å². The molecule has 0 aliphatic heterocycles. The first-order valence-electron chi connectivity index (χ1n) is 6.78. The Labute approximate surface area is 126 Å². The van der Waals surface area contributed by atoms with E-state index >= 15 is 0 Å². The normalized spacial score (nSPS) is 16.6. The smallest absolute Gasteiger partial charge is 0.0284 e. The van der Waals surface area contributed by atoms with Gasteiger partial charge in [-0.15, -0.1) is 0 Å². The van der Waals surface area contributed by atoms with Crippen molar-refractivity contribution in [2.24, 2.45) is 0 Å². The molecule has 1 heteroatoms. The molecule has 0 fully saturated rings. The number of fused-ring (bicyclic) bond motifs is 2. The molecule has 1 unspecified atom stereocenters. The quantitative estimate of drug-likeness (QED) is 0.534. The summed E-state index contributed by atoms with van der Waals surface area (Å²) in [6, 6.07) is 21.7. The van der Waals surface area contributed by atoms with E-state index in [0.717, 1.165) is 4.47 Å². The van der Waals surface area contributed by atoms with Crippen LogP contribution in [0.4, 0.5) is 0 Å². The Morgan fingerprint density at radius 3 is 2.60 bits per heavy atom. The van der Waals surface area contributed by atoms with Gasteiger partial charge in [0.05, 0.1) is 0 Å². The lowest BCUT2D eigenvalue weighted by Crippen LogP contribution is -1.96. The van der Waals surface area contributed by atoms with E-state index < -0.39 is 0 Å². The molecule has 3 aromatic carbocycles. The first-order chi connectivity index (χ1) is 9.83. The number of benzene rings is 3. The number of hydrogen-bond acceptors (Lipinski definition) is 0. The van der Waals surface area contributed by atoms with Crippen LogP contribution in [-0.2, 0) is 0 Å². The summed E-state index contributed by atoms with van der Waals surface area (Å²) >= 11 is 3.55. The second-order valence-corrected chi connectivity index (χ2v) is 6.09. The Hall–Kier alpha value is -1.86. The largest absolute Gasteiger partial charge is 0.0720 e. The molecule has 1 aliphatic carbocycles. The van der Waals surface area contributed by atoms with Crippen LogP contribution in [-0.4, -0.2) is 0 Å². The zero-order valence-corrected chi connectivity index (χ0v) is 12.5. The lowest BCUT2D eigenvalue weighted by Gasteiger charge is -2.14. The molecule has 0 amide bonds. The highest BCUT2D eigenvalue weighted by molar-refractivity contribution is 9.10. The molecule has 0 spiro atoms. The van der Waals surface area contributed by atoms with Crippen LogP contribution >= 0.6 is 15.9 Å². The van der Waals surface area contributed by atoms with E-state index in [1.54, 1.807) is 0 Å². The molecule has 1 atom stereocenters. The van der Waals surface area contributed by atoms with Crippen molar-refractivity contribution in [3.63, 3.8) is 0 Å². The van der Waals surface area contributed by atoms with Crippen LogP contribution < -0.4 is 0 Å². The summed E-state index contributed by atoms with van der Waals surface area (Å²) in [5, 5.41) is 2.62. The highest BCUT2D eigenvalue weighted by Gasteiger charge is 2.20. The van der Waals surface area contributed by atoms with Gasteiger partial charge in [0.15, 0.2) is 0 Å². The fourth-order valence-corrected chi connectivity index (χ4v) is 3.45. The van der Waals surface area contributed by atoms with Crippen LogP contribution in [0.5, 0.6) is 0 Å². The molecular formula is C19H13Br. The molecule has 96 valence electrons. The van der Waals surface area contributed by atoms with Crippen molar-refractivity contribution in [2.75, 3.05) is 0 Å². The number of hydrogen-bond donors (Lipinski definition) is 0. The lowest BCUT2D eigenvalue weighted by molar-refractivity contribution is 1.06. The third kappa shape index (κ3) is 1.82. The average Bonchev–Trinajstić information content (AvgIpc) is 2.90. The molecule has 0 nitrogen and oxygen atoms in total. The second kappa shape index (κ2) is 4.60. The van der Waals surface area contributed by atoms with Crippen LogP contribution in [0, 0.1) is 0 Å². The van der Waals surface area contributed by atoms with E-state index in [4.69, 9.17) is 0 Å². The molecular weight excluding hydrogens is 308 g/mol. The van der Waals surface area contributed by atoms with Crippen LogP contribution in [0.15, 0.2) is 71.2 Å². The Bertz CT molecular complexity index is 830. The lowest BCUT2D eigenvalue weighted by atomic mass is 9.89. The van der Waals surface area contributed by atoms with Gasteiger partial charge in [-0.3, -0.25) is 0 Å². The van der Waals surface area contributed by atoms with Gasteiger partial charge in [0.1, 0.15) is 0 Å². The van der Waals surface area contributed by atoms with Gasteiger partial charge in [0, 0.05) is 10.4 Å². The maximum Gasteiger partial charge on any atom is 0.0284 e. The van der Waals surface area contributed by atoms with Gasteiger partial charge in [0.25, 0.3) is 0 Å². The van der Waals surface area contributed by atoms with Gasteiger partial charge in [0.2, 0.25) is 0 Å². The minimum atomic E-state index is 0.371. The SMILES string of the molecule is Brc1ccc2c(C3C=Cc4ccccc43)cccc2c1. The molecule has 3 aromatic rings. The van der Waals surface area contributed by atoms with E-state index in [1.807, 2.05) is 0 Å². The predicted molar refractivity (Wildman–Crippen MR) is 89.0 cm³/mol. The van der Waals surface area contributed by atoms with E-state index in [2.05, 4.69) is 88.7 Å². The maximum atomic E-state index is 3.55. The van der Waals surface area contributed by atoms with Crippen molar-refractivity contribution in [1.82, 2.24) is 0 Å². The highest BCUT2D eigenvalue weighted by atomic mass is 79.9. The molecule has 20 heavy (non-hydrogen) atoms. The maximum absolute atomic E-state index is 3.55. The Kier molecular flexibility index (Phi) is 2.75. The summed E-state index contributed by atoms with van der Waals surface area (Å²) in [5.74, 6) is 0.371. The van der Waals surface area contributed by atoms with Crippen LogP contribution in [0.1, 0.15) is 22.6 Å². The fourth-order valence-electron chi connectivity index (χ4n) is 3.07. The van der Waals surface area contributed by atoms with E-state index in [9.17, 15) is 0 Å². The minimum Gasteiger partial charge on any atom is -0.0720 e. The van der Waals surface area contributed by atoms with E-state index in [-0.39, 0.29) is 0 Å². The molecule has 0 bridgehead atoms. The highest BCUT2D eigenvalue weighted by Crippen LogP contribution is 2.38. The van der Waals surface area contributed by atoms with Crippen molar-refractivity contribution in [2.45, 2.75) is 5.92 Å². The van der Waals surface area contributed by atoms with Gasteiger partial charge >= 0.3 is 0 Å². The van der Waals surface area contributed by atoms with Crippen LogP contribution in [0.3, 0.4) is 0 Å². The standard InChI is InChI=1S/C19H13Br/c20-15-9-11-17-14(12-15)5-3-7-18(17)19-10-8-13-4-1-2-6-16(13)19/h1-12,19H. The topological polar surface area (TPSA) is 0 Å². The molecule has 0 saturated heterocycles. The number of halogens is 1. The second-order valence-electron chi connectivity index (χ2n) is 5.18. The van der Waals surface area contributed by atoms with Crippen LogP contribution in [0.25, 0.3) is 16.8 Å². The number of allylic oxidation sites excluding steroid dienone is 1. The van der Waals surface area contributed by atoms with E-state index in [0.29, 0.717) is 5.92 Å². The summed E-state index contributed by atoms with van der Waals surface area (Å²) in [6.45, 7) is 0. The third-order valence-corrected chi connectivity index (χ3v) is 4.50. The van der Waals surface area contributed by atoms with Crippen molar-refractivity contribution in [3.8, 4) is 0 Å². The summed E-state index contributed by atoms with van der Waals surface area (Å²) < 4.78 is 1.13. The zero-order chi connectivity index (χ0) is 13.5. The molecule has 0 aromatic heterocycles. The first-order valence-corrected chi connectivity index (χ1v) is 7.57.